The summed E-state index contributed by atoms with van der Waals surface area (Å²) in [6, 6.07) is 2.02. The molecular formula is C22H27FN4O5. The zero-order chi connectivity index (χ0) is 23.8. The number of aromatic amines is 1. The van der Waals surface area contributed by atoms with E-state index in [1.165, 1.54) is 19.1 Å². The molecule has 0 unspecified atom stereocenters. The van der Waals surface area contributed by atoms with E-state index in [-0.39, 0.29) is 19.3 Å². The van der Waals surface area contributed by atoms with Crippen molar-refractivity contribution in [2.45, 2.75) is 58.2 Å². The summed E-state index contributed by atoms with van der Waals surface area (Å²) in [5, 5.41) is 12.6. The van der Waals surface area contributed by atoms with Gasteiger partial charge < -0.3 is 25.8 Å². The van der Waals surface area contributed by atoms with E-state index in [2.05, 4.69) is 15.6 Å². The molecule has 0 saturated heterocycles. The van der Waals surface area contributed by atoms with Gasteiger partial charge in [-0.3, -0.25) is 14.4 Å². The largest absolute Gasteiger partial charge is 0.461 e. The van der Waals surface area contributed by atoms with Crippen molar-refractivity contribution in [2.24, 2.45) is 0 Å². The van der Waals surface area contributed by atoms with Crippen molar-refractivity contribution in [2.75, 3.05) is 0 Å². The van der Waals surface area contributed by atoms with Crippen LogP contribution in [-0.4, -0.2) is 53.0 Å². The number of carbonyl (C=O) groups is 4. The fourth-order valence-corrected chi connectivity index (χ4v) is 3.19. The van der Waals surface area contributed by atoms with Crippen LogP contribution in [0.4, 0.5) is 4.39 Å². The Hall–Kier alpha value is -3.56. The molecule has 0 radical (unpaired) electrons. The van der Waals surface area contributed by atoms with Crippen LogP contribution in [0.1, 0.15) is 39.2 Å². The zero-order valence-electron chi connectivity index (χ0n) is 18.2. The molecule has 1 heterocycles. The maximum absolute atomic E-state index is 13.7. The minimum Gasteiger partial charge on any atom is -0.461 e. The summed E-state index contributed by atoms with van der Waals surface area (Å²) in [5.41, 5.74) is 1.28. The summed E-state index contributed by atoms with van der Waals surface area (Å²) >= 11 is 0. The van der Waals surface area contributed by atoms with Crippen LogP contribution < -0.4 is 10.6 Å². The second-order valence-electron chi connectivity index (χ2n) is 7.66. The molecule has 1 aromatic heterocycles. The highest BCUT2D eigenvalue weighted by molar-refractivity contribution is 6.26. The molecule has 4 N–H and O–H groups in total. The van der Waals surface area contributed by atoms with Gasteiger partial charge in [0.2, 0.25) is 11.8 Å². The number of H-pyrrole nitrogens is 1. The number of rotatable bonds is 11. The lowest BCUT2D eigenvalue weighted by Gasteiger charge is -2.23. The highest BCUT2D eigenvalue weighted by Crippen LogP contribution is 2.21. The normalized spacial score (nSPS) is 12.8. The third-order valence-electron chi connectivity index (χ3n) is 4.64. The van der Waals surface area contributed by atoms with Gasteiger partial charge in [0.15, 0.2) is 5.78 Å². The molecule has 1 aromatic carbocycles. The van der Waals surface area contributed by atoms with Crippen LogP contribution in [0.5, 0.6) is 0 Å². The standard InChI is InChI=1S/C22H27FN4O5/c1-12(2)32-22(31)19(7-5-16(29)10-24)27-21(30)20(26-13(3)28)8-14-11-25-18-6-4-15(23)9-17(14)18/h4,6,9-12,19-20,24-25H,5,7-8H2,1-3H3,(H,26,28)(H,27,30)/t19-,20-/m0/s1. The first-order valence-electron chi connectivity index (χ1n) is 10.2. The second-order valence-corrected chi connectivity index (χ2v) is 7.66. The molecule has 0 spiro atoms. The molecule has 0 saturated carbocycles. The average molecular weight is 446 g/mol. The van der Waals surface area contributed by atoms with Gasteiger partial charge in [-0.15, -0.1) is 0 Å². The van der Waals surface area contributed by atoms with Crippen molar-refractivity contribution in [1.82, 2.24) is 15.6 Å². The monoisotopic (exact) mass is 446 g/mol. The maximum atomic E-state index is 13.7. The Kier molecular flexibility index (Phi) is 8.62. The van der Waals surface area contributed by atoms with Crippen LogP contribution in [0, 0.1) is 11.2 Å². The first kappa shape index (κ1) is 24.7. The fraction of sp³-hybridized carbons (Fsp3) is 0.409. The van der Waals surface area contributed by atoms with Crippen LogP contribution in [-0.2, 0) is 30.3 Å². The Labute approximate surface area is 184 Å². The number of nitrogens with one attached hydrogen (secondary N) is 4. The van der Waals surface area contributed by atoms with Gasteiger partial charge in [-0.2, -0.15) is 0 Å². The molecule has 10 heteroatoms. The summed E-state index contributed by atoms with van der Waals surface area (Å²) in [7, 11) is 0. The molecule has 2 amide bonds. The summed E-state index contributed by atoms with van der Waals surface area (Å²) < 4.78 is 18.8. The van der Waals surface area contributed by atoms with E-state index in [0.717, 1.165) is 0 Å². The van der Waals surface area contributed by atoms with Crippen LogP contribution in [0.15, 0.2) is 24.4 Å². The molecule has 0 fully saturated rings. The number of ketones is 1. The van der Waals surface area contributed by atoms with Gasteiger partial charge in [-0.05, 0) is 44.0 Å². The number of hydrogen-bond acceptors (Lipinski definition) is 6. The molecular weight excluding hydrogens is 419 g/mol. The molecule has 2 aromatic rings. The number of aromatic nitrogens is 1. The van der Waals surface area contributed by atoms with Crippen LogP contribution in [0.25, 0.3) is 10.9 Å². The van der Waals surface area contributed by atoms with Crippen molar-refractivity contribution >= 4 is 40.7 Å². The molecule has 2 atom stereocenters. The first-order valence-corrected chi connectivity index (χ1v) is 10.2. The van der Waals surface area contributed by atoms with Crippen LogP contribution in [0.3, 0.4) is 0 Å². The molecule has 9 nitrogen and oxygen atoms in total. The number of ether oxygens (including phenoxy) is 1. The number of amides is 2. The Morgan fingerprint density at radius 3 is 2.53 bits per heavy atom. The van der Waals surface area contributed by atoms with Crippen molar-refractivity contribution in [3.05, 3.63) is 35.8 Å². The highest BCUT2D eigenvalue weighted by Gasteiger charge is 2.28. The van der Waals surface area contributed by atoms with Crippen LogP contribution in [0.2, 0.25) is 0 Å². The van der Waals surface area contributed by atoms with E-state index in [4.69, 9.17) is 10.1 Å². The van der Waals surface area contributed by atoms with Gasteiger partial charge >= 0.3 is 5.97 Å². The van der Waals surface area contributed by atoms with E-state index < -0.39 is 47.6 Å². The fourth-order valence-electron chi connectivity index (χ4n) is 3.19. The number of halogens is 1. The molecule has 172 valence electrons. The maximum Gasteiger partial charge on any atom is 0.328 e. The van der Waals surface area contributed by atoms with E-state index in [1.807, 2.05) is 0 Å². The van der Waals surface area contributed by atoms with E-state index >= 15 is 0 Å². The van der Waals surface area contributed by atoms with E-state index in [0.29, 0.717) is 22.7 Å². The molecule has 0 aliphatic heterocycles. The van der Waals surface area contributed by atoms with Gasteiger partial charge in [-0.25, -0.2) is 9.18 Å². The quantitative estimate of drug-likeness (QED) is 0.308. The number of esters is 1. The summed E-state index contributed by atoms with van der Waals surface area (Å²) in [4.78, 5) is 51.6. The average Bonchev–Trinajstić information content (AvgIpc) is 3.11. The summed E-state index contributed by atoms with van der Waals surface area (Å²) in [6.07, 6.45) is 1.68. The molecule has 0 aliphatic carbocycles. The SMILES string of the molecule is CC(=O)N[C@@H](Cc1c[nH]c2ccc(F)cc12)C(=O)N[C@@H](CCC(=O)C=N)C(=O)OC(C)C. The number of benzene rings is 1. The number of fused-ring (bicyclic) bond motifs is 1. The lowest BCUT2D eigenvalue weighted by molar-refractivity contribution is -0.151. The summed E-state index contributed by atoms with van der Waals surface area (Å²) in [6.45, 7) is 4.55. The number of hydrogen-bond donors (Lipinski definition) is 4. The Morgan fingerprint density at radius 2 is 1.91 bits per heavy atom. The van der Waals surface area contributed by atoms with Gasteiger partial charge in [0.05, 0.1) is 12.3 Å². The van der Waals surface area contributed by atoms with Crippen molar-refractivity contribution < 1.29 is 28.3 Å². The second kappa shape index (κ2) is 11.2. The van der Waals surface area contributed by atoms with E-state index in [1.54, 1.807) is 26.1 Å². The zero-order valence-corrected chi connectivity index (χ0v) is 18.2. The minimum atomic E-state index is -1.13. The third-order valence-corrected chi connectivity index (χ3v) is 4.64. The van der Waals surface area contributed by atoms with Gasteiger partial charge in [0, 0.05) is 36.9 Å². The van der Waals surface area contributed by atoms with Crippen molar-refractivity contribution in [3.8, 4) is 0 Å². The van der Waals surface area contributed by atoms with E-state index in [9.17, 15) is 23.6 Å². The third kappa shape index (κ3) is 7.00. The van der Waals surface area contributed by atoms with Crippen molar-refractivity contribution in [3.63, 3.8) is 0 Å². The van der Waals surface area contributed by atoms with Crippen LogP contribution >= 0.6 is 0 Å². The number of carbonyl (C=O) groups excluding carboxylic acids is 4. The molecule has 2 rings (SSSR count). The lowest BCUT2D eigenvalue weighted by atomic mass is 10.0. The Balaban J connectivity index is 2.23. The lowest BCUT2D eigenvalue weighted by Crippen LogP contribution is -2.52. The Bertz CT molecular complexity index is 1020. The first-order chi connectivity index (χ1) is 15.1. The minimum absolute atomic E-state index is 0.0419. The van der Waals surface area contributed by atoms with Crippen molar-refractivity contribution in [1.29, 1.82) is 5.41 Å². The predicted octanol–water partition coefficient (Wildman–Crippen LogP) is 1.79. The summed E-state index contributed by atoms with van der Waals surface area (Å²) in [5.74, 6) is -2.77. The molecule has 0 aliphatic rings. The Morgan fingerprint density at radius 1 is 1.19 bits per heavy atom. The van der Waals surface area contributed by atoms with Gasteiger partial charge in [0.25, 0.3) is 0 Å². The topological polar surface area (TPSA) is 141 Å². The molecule has 0 bridgehead atoms. The van der Waals surface area contributed by atoms with Gasteiger partial charge in [0.1, 0.15) is 17.9 Å². The highest BCUT2D eigenvalue weighted by atomic mass is 19.1. The predicted molar refractivity (Wildman–Crippen MR) is 116 cm³/mol. The van der Waals surface area contributed by atoms with Gasteiger partial charge in [-0.1, -0.05) is 0 Å². The smallest absolute Gasteiger partial charge is 0.328 e. The molecule has 32 heavy (non-hydrogen) atoms. The number of Topliss-reactive ketones (excluding diaryl/α,β-unsaturated/α-hetero) is 1.